The lowest BCUT2D eigenvalue weighted by molar-refractivity contribution is -0.384. The first-order valence-corrected chi connectivity index (χ1v) is 11.5. The Morgan fingerprint density at radius 2 is 1.37 bits per heavy atom. The van der Waals surface area contributed by atoms with Crippen molar-refractivity contribution in [2.75, 3.05) is 17.2 Å². The molecule has 0 aliphatic rings. The lowest BCUT2D eigenvalue weighted by Crippen LogP contribution is -2.34. The summed E-state index contributed by atoms with van der Waals surface area (Å²) in [7, 11) is 4.82. The number of nitrogens with one attached hydrogen (secondary N) is 3. The van der Waals surface area contributed by atoms with Crippen LogP contribution >= 0.6 is 0 Å². The molecule has 202 valence electrons. The van der Waals surface area contributed by atoms with Gasteiger partial charge in [0.2, 0.25) is 0 Å². The molecule has 38 heavy (non-hydrogen) atoms. The molecular formula is C23H30N10O5. The SMILES string of the molecule is CCC(CNC(=O)c1cc(NC(=O)c2cc(NC(=O)c3cc([N+](=O)[O-])cn3C)cn2C)cn1C)N=C(N)N. The molecule has 0 aromatic carbocycles. The van der Waals surface area contributed by atoms with Crippen molar-refractivity contribution >= 4 is 40.7 Å². The van der Waals surface area contributed by atoms with Crippen molar-refractivity contribution in [3.63, 3.8) is 0 Å². The smallest absolute Gasteiger partial charge is 0.287 e. The topological polar surface area (TPSA) is 210 Å². The summed E-state index contributed by atoms with van der Waals surface area (Å²) in [4.78, 5) is 52.6. The van der Waals surface area contributed by atoms with Crippen LogP contribution in [0.25, 0.3) is 0 Å². The van der Waals surface area contributed by atoms with Crippen LogP contribution in [-0.4, -0.2) is 54.9 Å². The molecule has 0 aliphatic carbocycles. The number of aryl methyl sites for hydroxylation is 3. The highest BCUT2D eigenvalue weighted by molar-refractivity contribution is 6.07. The van der Waals surface area contributed by atoms with Crippen molar-refractivity contribution in [1.29, 1.82) is 0 Å². The molecule has 3 amide bonds. The summed E-state index contributed by atoms with van der Waals surface area (Å²) in [6.45, 7) is 2.14. The number of guanidine groups is 1. The average molecular weight is 527 g/mol. The molecule has 0 aliphatic heterocycles. The van der Waals surface area contributed by atoms with Crippen LogP contribution in [0.5, 0.6) is 0 Å². The van der Waals surface area contributed by atoms with E-state index in [4.69, 9.17) is 11.5 Å². The highest BCUT2D eigenvalue weighted by Gasteiger charge is 2.20. The molecule has 1 unspecified atom stereocenters. The third kappa shape index (κ3) is 6.37. The highest BCUT2D eigenvalue weighted by atomic mass is 16.6. The highest BCUT2D eigenvalue weighted by Crippen LogP contribution is 2.20. The van der Waals surface area contributed by atoms with Gasteiger partial charge in [-0.25, -0.2) is 4.99 Å². The second-order valence-corrected chi connectivity index (χ2v) is 8.64. The molecule has 15 nitrogen and oxygen atoms in total. The van der Waals surface area contributed by atoms with E-state index in [1.165, 1.54) is 46.8 Å². The van der Waals surface area contributed by atoms with Gasteiger partial charge in [0.15, 0.2) is 5.96 Å². The summed E-state index contributed by atoms with van der Waals surface area (Å²) in [5, 5.41) is 19.1. The second-order valence-electron chi connectivity index (χ2n) is 8.64. The summed E-state index contributed by atoms with van der Waals surface area (Å²) >= 11 is 0. The number of hydrogen-bond donors (Lipinski definition) is 5. The van der Waals surface area contributed by atoms with E-state index in [0.29, 0.717) is 23.5 Å². The number of rotatable bonds is 10. The maximum absolute atomic E-state index is 12.9. The van der Waals surface area contributed by atoms with Crippen molar-refractivity contribution in [3.8, 4) is 0 Å². The van der Waals surface area contributed by atoms with Gasteiger partial charge in [-0.15, -0.1) is 0 Å². The fourth-order valence-corrected chi connectivity index (χ4v) is 3.77. The van der Waals surface area contributed by atoms with E-state index in [2.05, 4.69) is 20.9 Å². The van der Waals surface area contributed by atoms with Gasteiger partial charge >= 0.3 is 0 Å². The second kappa shape index (κ2) is 11.3. The number of anilines is 2. The summed E-state index contributed by atoms with van der Waals surface area (Å²) in [6.07, 6.45) is 5.00. The normalized spacial score (nSPS) is 11.5. The molecule has 3 aromatic heterocycles. The van der Waals surface area contributed by atoms with Crippen LogP contribution < -0.4 is 27.4 Å². The third-order valence-corrected chi connectivity index (χ3v) is 5.73. The zero-order valence-electron chi connectivity index (χ0n) is 21.4. The van der Waals surface area contributed by atoms with Gasteiger partial charge in [0.05, 0.1) is 28.5 Å². The van der Waals surface area contributed by atoms with Crippen LogP contribution in [0.15, 0.2) is 41.8 Å². The largest absolute Gasteiger partial charge is 0.370 e. The molecule has 0 saturated carbocycles. The van der Waals surface area contributed by atoms with Gasteiger partial charge in [0.1, 0.15) is 17.1 Å². The number of aliphatic imine (C=N–C) groups is 1. The van der Waals surface area contributed by atoms with E-state index in [0.717, 1.165) is 0 Å². The van der Waals surface area contributed by atoms with Crippen LogP contribution in [0.2, 0.25) is 0 Å². The van der Waals surface area contributed by atoms with Crippen LogP contribution in [0.4, 0.5) is 17.1 Å². The van der Waals surface area contributed by atoms with Crippen LogP contribution in [0, 0.1) is 10.1 Å². The van der Waals surface area contributed by atoms with Crippen molar-refractivity contribution in [3.05, 3.63) is 64.0 Å². The van der Waals surface area contributed by atoms with Gasteiger partial charge in [-0.3, -0.25) is 24.5 Å². The Labute approximate surface area is 217 Å². The van der Waals surface area contributed by atoms with Gasteiger partial charge < -0.3 is 41.1 Å². The molecule has 3 rings (SSSR count). The minimum absolute atomic E-state index is 0.0534. The van der Waals surface area contributed by atoms with E-state index in [1.807, 2.05) is 6.92 Å². The molecule has 15 heteroatoms. The van der Waals surface area contributed by atoms with E-state index >= 15 is 0 Å². The first-order chi connectivity index (χ1) is 17.9. The summed E-state index contributed by atoms with van der Waals surface area (Å²) in [5.41, 5.74) is 12.0. The van der Waals surface area contributed by atoms with Gasteiger partial charge in [0.25, 0.3) is 23.4 Å². The van der Waals surface area contributed by atoms with Crippen molar-refractivity contribution in [2.45, 2.75) is 19.4 Å². The Morgan fingerprint density at radius 3 is 1.82 bits per heavy atom. The quantitative estimate of drug-likeness (QED) is 0.111. The van der Waals surface area contributed by atoms with E-state index in [9.17, 15) is 24.5 Å². The zero-order chi connectivity index (χ0) is 28.1. The molecule has 0 saturated heterocycles. The molecule has 0 radical (unpaired) electrons. The van der Waals surface area contributed by atoms with Gasteiger partial charge in [-0.05, 0) is 18.6 Å². The van der Waals surface area contributed by atoms with Crippen molar-refractivity contribution in [1.82, 2.24) is 19.0 Å². The molecule has 1 atom stereocenters. The fourth-order valence-electron chi connectivity index (χ4n) is 3.77. The number of amides is 3. The molecular weight excluding hydrogens is 496 g/mol. The predicted octanol–water partition coefficient (Wildman–Crippen LogP) is 0.897. The Morgan fingerprint density at radius 1 is 0.895 bits per heavy atom. The van der Waals surface area contributed by atoms with Crippen LogP contribution in [0.1, 0.15) is 44.8 Å². The lowest BCUT2D eigenvalue weighted by Gasteiger charge is -2.12. The van der Waals surface area contributed by atoms with Gasteiger partial charge in [-0.1, -0.05) is 6.92 Å². The zero-order valence-corrected chi connectivity index (χ0v) is 21.4. The lowest BCUT2D eigenvalue weighted by atomic mass is 10.2. The predicted molar refractivity (Wildman–Crippen MR) is 141 cm³/mol. The van der Waals surface area contributed by atoms with Crippen molar-refractivity contribution in [2.24, 2.45) is 37.6 Å². The number of carbonyl (C=O) groups is 3. The van der Waals surface area contributed by atoms with Crippen molar-refractivity contribution < 1.29 is 19.3 Å². The summed E-state index contributed by atoms with van der Waals surface area (Å²) in [6, 6.07) is 3.91. The monoisotopic (exact) mass is 526 g/mol. The third-order valence-electron chi connectivity index (χ3n) is 5.73. The summed E-state index contributed by atoms with van der Waals surface area (Å²) < 4.78 is 4.43. The Kier molecular flexibility index (Phi) is 8.19. The maximum Gasteiger partial charge on any atom is 0.287 e. The van der Waals surface area contributed by atoms with E-state index < -0.39 is 16.7 Å². The number of nitrogens with zero attached hydrogens (tertiary/aromatic N) is 5. The Hall–Kier alpha value is -5.08. The molecule has 0 spiro atoms. The Balaban J connectivity index is 1.67. The number of aromatic nitrogens is 3. The number of carbonyl (C=O) groups excluding carboxylic acids is 3. The Bertz CT molecular complexity index is 1410. The first kappa shape index (κ1) is 27.5. The summed E-state index contributed by atoms with van der Waals surface area (Å²) in [5.74, 6) is -1.45. The van der Waals surface area contributed by atoms with Gasteiger partial charge in [0, 0.05) is 46.1 Å². The fraction of sp³-hybridized carbons (Fsp3) is 0.304. The molecule has 3 heterocycles. The molecule has 7 N–H and O–H groups in total. The number of nitro groups is 1. The molecule has 3 aromatic rings. The average Bonchev–Trinajstić information content (AvgIpc) is 3.52. The molecule has 0 bridgehead atoms. The van der Waals surface area contributed by atoms with Gasteiger partial charge in [-0.2, -0.15) is 0 Å². The van der Waals surface area contributed by atoms with E-state index in [-0.39, 0.29) is 41.5 Å². The maximum atomic E-state index is 12.9. The molecule has 0 fully saturated rings. The first-order valence-electron chi connectivity index (χ1n) is 11.5. The number of nitrogens with two attached hydrogens (primary N) is 2. The standard InChI is InChI=1S/C23H30N10O5/c1-5-13(29-23(24)25)9-26-20(34)17-6-14(10-30(17)2)27-21(35)18-7-15(11-31(18)3)28-22(36)19-8-16(33(37)38)12-32(19)4/h6-8,10-13H,5,9H2,1-4H3,(H,26,34)(H,27,35)(H,28,36)(H4,24,25,29). The van der Waals surface area contributed by atoms with Crippen LogP contribution in [-0.2, 0) is 21.1 Å². The minimum Gasteiger partial charge on any atom is -0.370 e. The minimum atomic E-state index is -0.588. The van der Waals surface area contributed by atoms with E-state index in [1.54, 1.807) is 24.9 Å². The number of hydrogen-bond acceptors (Lipinski definition) is 6. The van der Waals surface area contributed by atoms with Crippen LogP contribution in [0.3, 0.4) is 0 Å².